The van der Waals surface area contributed by atoms with Crippen LogP contribution in [0.15, 0.2) is 79.3 Å². The summed E-state index contributed by atoms with van der Waals surface area (Å²) in [4.78, 5) is 32.1. The third-order valence-corrected chi connectivity index (χ3v) is 8.59. The van der Waals surface area contributed by atoms with Gasteiger partial charge in [0.15, 0.2) is 5.69 Å². The number of anilines is 2. The topological polar surface area (TPSA) is 94.3 Å². The average molecular weight is 623 g/mol. The highest BCUT2D eigenvalue weighted by Crippen LogP contribution is 2.29. The van der Waals surface area contributed by atoms with Gasteiger partial charge >= 0.3 is 5.97 Å². The molecule has 10 heteroatoms. The summed E-state index contributed by atoms with van der Waals surface area (Å²) in [6, 6.07) is 20.2. The highest BCUT2D eigenvalue weighted by Gasteiger charge is 2.23. The molecule has 0 spiro atoms. The molecule has 9 nitrogen and oxygen atoms in total. The summed E-state index contributed by atoms with van der Waals surface area (Å²) in [5.41, 5.74) is 5.40. The molecular formula is C36H39FN6O3. The third kappa shape index (κ3) is 6.80. The lowest BCUT2D eigenvalue weighted by molar-refractivity contribution is -0.142. The number of nitrogens with zero attached hydrogens (tertiary/aromatic N) is 5. The highest BCUT2D eigenvalue weighted by atomic mass is 19.1. The monoisotopic (exact) mass is 622 g/mol. The molecule has 6 rings (SSSR count). The quantitative estimate of drug-likeness (QED) is 0.171. The average Bonchev–Trinajstić information content (AvgIpc) is 3.67. The molecule has 1 fully saturated rings. The second-order valence-electron chi connectivity index (χ2n) is 12.1. The second-order valence-corrected chi connectivity index (χ2v) is 12.1. The molecule has 0 atom stereocenters. The van der Waals surface area contributed by atoms with E-state index >= 15 is 0 Å². The van der Waals surface area contributed by atoms with E-state index in [-0.39, 0.29) is 29.4 Å². The lowest BCUT2D eigenvalue weighted by atomic mass is 9.96. The van der Waals surface area contributed by atoms with Crippen molar-refractivity contribution in [3.63, 3.8) is 0 Å². The summed E-state index contributed by atoms with van der Waals surface area (Å²) in [5, 5.41) is 8.72. The Kier molecular flexibility index (Phi) is 9.14. The van der Waals surface area contributed by atoms with Crippen LogP contribution in [-0.4, -0.2) is 50.9 Å². The molecule has 0 saturated carbocycles. The van der Waals surface area contributed by atoms with E-state index in [2.05, 4.69) is 32.4 Å². The van der Waals surface area contributed by atoms with E-state index in [1.807, 2.05) is 66.5 Å². The number of halogens is 1. The smallest absolute Gasteiger partial charge is 0.310 e. The maximum atomic E-state index is 13.6. The first-order valence-electron chi connectivity index (χ1n) is 15.9. The molecule has 3 heterocycles. The van der Waals surface area contributed by atoms with Crippen LogP contribution in [-0.2, 0) is 22.5 Å². The number of fused-ring (bicyclic) bond motifs is 1. The van der Waals surface area contributed by atoms with Gasteiger partial charge < -0.3 is 19.5 Å². The molecule has 238 valence electrons. The zero-order chi connectivity index (χ0) is 32.2. The summed E-state index contributed by atoms with van der Waals surface area (Å²) in [6.07, 6.45) is 5.88. The molecule has 0 aliphatic carbocycles. The second kappa shape index (κ2) is 13.6. The van der Waals surface area contributed by atoms with Crippen molar-refractivity contribution in [2.45, 2.75) is 52.6 Å². The van der Waals surface area contributed by atoms with Crippen molar-refractivity contribution in [3.8, 4) is 11.3 Å². The Labute approximate surface area is 268 Å². The Morgan fingerprint density at radius 2 is 1.76 bits per heavy atom. The maximum Gasteiger partial charge on any atom is 0.310 e. The van der Waals surface area contributed by atoms with E-state index < -0.39 is 0 Å². The molecular weight excluding hydrogens is 583 g/mol. The van der Waals surface area contributed by atoms with Gasteiger partial charge in [-0.25, -0.2) is 9.37 Å². The van der Waals surface area contributed by atoms with E-state index in [0.29, 0.717) is 30.3 Å². The number of ether oxygens (including phenoxy) is 1. The van der Waals surface area contributed by atoms with Gasteiger partial charge in [0, 0.05) is 48.0 Å². The number of carbonyl (C=O) groups is 2. The van der Waals surface area contributed by atoms with Crippen molar-refractivity contribution in [1.82, 2.24) is 19.3 Å². The largest absolute Gasteiger partial charge is 0.466 e. The number of nitrogens with one attached hydrogen (secondary N) is 1. The lowest BCUT2D eigenvalue weighted by Crippen LogP contribution is -2.35. The van der Waals surface area contributed by atoms with Crippen molar-refractivity contribution in [2.24, 2.45) is 5.92 Å². The Hall–Kier alpha value is -4.99. The van der Waals surface area contributed by atoms with Crippen LogP contribution < -0.4 is 10.2 Å². The van der Waals surface area contributed by atoms with Crippen LogP contribution in [0.5, 0.6) is 0 Å². The van der Waals surface area contributed by atoms with Gasteiger partial charge in [0.25, 0.3) is 5.91 Å². The van der Waals surface area contributed by atoms with Crippen LogP contribution in [0.4, 0.5) is 15.8 Å². The van der Waals surface area contributed by atoms with Gasteiger partial charge in [-0.3, -0.25) is 14.3 Å². The number of amides is 1. The molecule has 2 aromatic heterocycles. The maximum absolute atomic E-state index is 13.6. The number of rotatable bonds is 10. The van der Waals surface area contributed by atoms with Gasteiger partial charge in [0.1, 0.15) is 5.82 Å². The number of aromatic nitrogens is 4. The van der Waals surface area contributed by atoms with Crippen LogP contribution in [0.2, 0.25) is 0 Å². The fraction of sp³-hybridized carbons (Fsp3) is 0.333. The van der Waals surface area contributed by atoms with Crippen LogP contribution >= 0.6 is 0 Å². The first-order chi connectivity index (χ1) is 22.3. The van der Waals surface area contributed by atoms with E-state index in [9.17, 15) is 14.0 Å². The Morgan fingerprint density at radius 3 is 2.46 bits per heavy atom. The molecule has 0 unspecified atom stereocenters. The van der Waals surface area contributed by atoms with Crippen molar-refractivity contribution in [1.29, 1.82) is 0 Å². The molecule has 3 aromatic carbocycles. The Balaban J connectivity index is 1.11. The third-order valence-electron chi connectivity index (χ3n) is 8.59. The first-order valence-corrected chi connectivity index (χ1v) is 15.9. The first kappa shape index (κ1) is 31.0. The lowest BCUT2D eigenvalue weighted by Gasteiger charge is -2.33. The van der Waals surface area contributed by atoms with Crippen molar-refractivity contribution in [2.75, 3.05) is 29.9 Å². The van der Waals surface area contributed by atoms with Crippen LogP contribution in [0.25, 0.3) is 22.2 Å². The van der Waals surface area contributed by atoms with Gasteiger partial charge in [0.2, 0.25) is 0 Å². The minimum atomic E-state index is -0.334. The molecule has 5 aromatic rings. The molecule has 0 bridgehead atoms. The minimum Gasteiger partial charge on any atom is -0.466 e. The number of piperidine rings is 1. The fourth-order valence-electron chi connectivity index (χ4n) is 6.12. The fourth-order valence-corrected chi connectivity index (χ4v) is 6.12. The van der Waals surface area contributed by atoms with Crippen LogP contribution in [0.3, 0.4) is 0 Å². The summed E-state index contributed by atoms with van der Waals surface area (Å²) in [6.45, 7) is 8.93. The molecule has 1 N–H and O–H groups in total. The van der Waals surface area contributed by atoms with Crippen molar-refractivity contribution < 1.29 is 18.7 Å². The number of hydrogen-bond acceptors (Lipinski definition) is 6. The predicted molar refractivity (Wildman–Crippen MR) is 177 cm³/mol. The summed E-state index contributed by atoms with van der Waals surface area (Å²) >= 11 is 0. The molecule has 0 radical (unpaired) electrons. The molecule has 1 saturated heterocycles. The van der Waals surface area contributed by atoms with Crippen molar-refractivity contribution >= 4 is 34.2 Å². The minimum absolute atomic E-state index is 0.0648. The highest BCUT2D eigenvalue weighted by molar-refractivity contribution is 6.07. The molecule has 1 amide bonds. The van der Waals surface area contributed by atoms with Crippen LogP contribution in [0, 0.1) is 11.7 Å². The summed E-state index contributed by atoms with van der Waals surface area (Å²) in [5.74, 6) is -0.394. The van der Waals surface area contributed by atoms with Gasteiger partial charge in [-0.05, 0) is 99.7 Å². The predicted octanol–water partition coefficient (Wildman–Crippen LogP) is 6.89. The molecule has 1 aliphatic heterocycles. The Bertz CT molecular complexity index is 1820. The zero-order valence-corrected chi connectivity index (χ0v) is 26.4. The number of esters is 1. The standard InChI is InChI=1S/C36H39FN6O3/c1-4-46-33(44)19-25-5-13-31(14-6-25)41-17-15-26(16-18-41)22-43-32-20-30(12-9-28(32)21-39-43)40-36(45)34-35(42(23-38-34)24(2)3)27-7-10-29(37)11-8-27/h5-14,20-21,23-24,26H,4,15-19,22H2,1-3H3,(H,40,45). The van der Waals surface area contributed by atoms with Crippen LogP contribution in [0.1, 0.15) is 55.7 Å². The van der Waals surface area contributed by atoms with E-state index in [1.165, 1.54) is 12.1 Å². The van der Waals surface area contributed by atoms with Crippen molar-refractivity contribution in [3.05, 3.63) is 96.3 Å². The van der Waals surface area contributed by atoms with Gasteiger partial charge in [-0.1, -0.05) is 12.1 Å². The summed E-state index contributed by atoms with van der Waals surface area (Å²) in [7, 11) is 0. The number of hydrogen-bond donors (Lipinski definition) is 1. The van der Waals surface area contributed by atoms with Gasteiger partial charge in [-0.2, -0.15) is 5.10 Å². The van der Waals surface area contributed by atoms with E-state index in [1.54, 1.807) is 18.5 Å². The van der Waals surface area contributed by atoms with Gasteiger partial charge in [-0.15, -0.1) is 0 Å². The van der Waals surface area contributed by atoms with E-state index in [0.717, 1.165) is 60.2 Å². The zero-order valence-electron chi connectivity index (χ0n) is 26.4. The Morgan fingerprint density at radius 1 is 1.02 bits per heavy atom. The normalized spacial score (nSPS) is 13.8. The SMILES string of the molecule is CCOC(=O)Cc1ccc(N2CCC(Cn3ncc4ccc(NC(=O)c5ncn(C(C)C)c5-c5ccc(F)cc5)cc43)CC2)cc1. The number of carbonyl (C=O) groups excluding carboxylic acids is 2. The molecule has 46 heavy (non-hydrogen) atoms. The van der Waals surface area contributed by atoms with Gasteiger partial charge in [0.05, 0.1) is 36.8 Å². The number of benzene rings is 3. The summed E-state index contributed by atoms with van der Waals surface area (Å²) < 4.78 is 22.7. The van der Waals surface area contributed by atoms with E-state index in [4.69, 9.17) is 4.74 Å². The molecule has 1 aliphatic rings. The number of imidazole rings is 1.